The van der Waals surface area contributed by atoms with Gasteiger partial charge >= 0.3 is 0 Å². The minimum Gasteiger partial charge on any atom is -0.466 e. The molecular formula is C17H22FN3O2. The summed E-state index contributed by atoms with van der Waals surface area (Å²) in [6, 6.07) is 9.77. The monoisotopic (exact) mass is 319 g/mol. The summed E-state index contributed by atoms with van der Waals surface area (Å²) in [5.41, 5.74) is -0.376. The van der Waals surface area contributed by atoms with E-state index in [1.165, 1.54) is 18.4 Å². The molecule has 2 rings (SSSR count). The molecule has 0 saturated carbocycles. The van der Waals surface area contributed by atoms with Crippen molar-refractivity contribution in [1.82, 2.24) is 10.6 Å². The van der Waals surface area contributed by atoms with Crippen LogP contribution < -0.4 is 10.6 Å². The molecule has 1 atom stereocenters. The number of nitrogens with one attached hydrogen (secondary N) is 2. The number of hydrogen-bond acceptors (Lipinski definition) is 3. The zero-order valence-electron chi connectivity index (χ0n) is 13.3. The highest BCUT2D eigenvalue weighted by Gasteiger charge is 2.26. The average molecular weight is 319 g/mol. The SMILES string of the molecule is CCNC(=NCc1cccc(F)c1)NCC(C)(O)c1ccco1. The Kier molecular flexibility index (Phi) is 5.76. The molecule has 0 radical (unpaired) electrons. The number of hydrogen-bond donors (Lipinski definition) is 3. The summed E-state index contributed by atoms with van der Waals surface area (Å²) >= 11 is 0. The van der Waals surface area contributed by atoms with E-state index >= 15 is 0 Å². The molecule has 0 aliphatic heterocycles. The topological polar surface area (TPSA) is 69.8 Å². The number of nitrogens with zero attached hydrogens (tertiary/aromatic N) is 1. The van der Waals surface area contributed by atoms with Crippen LogP contribution in [-0.2, 0) is 12.1 Å². The molecule has 1 aromatic heterocycles. The highest BCUT2D eigenvalue weighted by Crippen LogP contribution is 2.19. The van der Waals surface area contributed by atoms with Crippen molar-refractivity contribution in [3.63, 3.8) is 0 Å². The van der Waals surface area contributed by atoms with E-state index in [2.05, 4.69) is 15.6 Å². The van der Waals surface area contributed by atoms with Gasteiger partial charge in [-0.05, 0) is 43.7 Å². The van der Waals surface area contributed by atoms with E-state index in [-0.39, 0.29) is 12.4 Å². The summed E-state index contributed by atoms with van der Waals surface area (Å²) in [6.07, 6.45) is 1.52. The first-order valence-electron chi connectivity index (χ1n) is 7.54. The number of halogens is 1. The van der Waals surface area contributed by atoms with Crippen LogP contribution in [0.3, 0.4) is 0 Å². The van der Waals surface area contributed by atoms with Crippen molar-refractivity contribution >= 4 is 5.96 Å². The van der Waals surface area contributed by atoms with Gasteiger partial charge in [0, 0.05) is 6.54 Å². The van der Waals surface area contributed by atoms with Gasteiger partial charge in [-0.2, -0.15) is 0 Å². The van der Waals surface area contributed by atoms with Gasteiger partial charge in [0.2, 0.25) is 0 Å². The average Bonchev–Trinajstić information content (AvgIpc) is 3.05. The van der Waals surface area contributed by atoms with E-state index in [1.807, 2.05) is 13.0 Å². The molecule has 1 heterocycles. The molecule has 23 heavy (non-hydrogen) atoms. The van der Waals surface area contributed by atoms with Crippen molar-refractivity contribution in [1.29, 1.82) is 0 Å². The maximum atomic E-state index is 13.2. The first-order valence-corrected chi connectivity index (χ1v) is 7.54. The zero-order chi connectivity index (χ0) is 16.7. The molecule has 3 N–H and O–H groups in total. The van der Waals surface area contributed by atoms with E-state index in [9.17, 15) is 9.50 Å². The van der Waals surface area contributed by atoms with Crippen molar-refractivity contribution in [2.24, 2.45) is 4.99 Å². The third-order valence-electron chi connectivity index (χ3n) is 3.31. The van der Waals surface area contributed by atoms with Crippen LogP contribution in [0.1, 0.15) is 25.2 Å². The van der Waals surface area contributed by atoms with Gasteiger partial charge in [-0.15, -0.1) is 0 Å². The van der Waals surface area contributed by atoms with Crippen LogP contribution in [0, 0.1) is 5.82 Å². The Labute approximate surface area is 135 Å². The molecule has 124 valence electrons. The standard InChI is InChI=1S/C17H22FN3O2/c1-3-19-16(20-11-13-6-4-7-14(18)10-13)21-12-17(2,22)15-8-5-9-23-15/h4-10,22H,3,11-12H2,1-2H3,(H2,19,20,21). The number of aliphatic hydroxyl groups is 1. The predicted octanol–water partition coefficient (Wildman–Crippen LogP) is 2.38. The van der Waals surface area contributed by atoms with Crippen molar-refractivity contribution in [2.75, 3.05) is 13.1 Å². The van der Waals surface area contributed by atoms with Crippen molar-refractivity contribution < 1.29 is 13.9 Å². The fraction of sp³-hybridized carbons (Fsp3) is 0.353. The summed E-state index contributed by atoms with van der Waals surface area (Å²) in [5.74, 6) is 0.742. The Morgan fingerprint density at radius 2 is 2.13 bits per heavy atom. The number of rotatable bonds is 6. The molecular weight excluding hydrogens is 297 g/mol. The molecule has 0 fully saturated rings. The molecule has 0 bridgehead atoms. The minimum atomic E-state index is -1.15. The molecule has 2 aromatic rings. The first-order chi connectivity index (χ1) is 11.0. The van der Waals surface area contributed by atoms with Gasteiger partial charge in [-0.3, -0.25) is 0 Å². The maximum absolute atomic E-state index is 13.2. The van der Waals surface area contributed by atoms with Gasteiger partial charge in [0.05, 0.1) is 19.4 Å². The van der Waals surface area contributed by atoms with E-state index in [1.54, 1.807) is 25.1 Å². The van der Waals surface area contributed by atoms with Crippen LogP contribution in [0.4, 0.5) is 4.39 Å². The van der Waals surface area contributed by atoms with E-state index in [4.69, 9.17) is 4.42 Å². The summed E-state index contributed by atoms with van der Waals surface area (Å²) < 4.78 is 18.4. The minimum absolute atomic E-state index is 0.232. The lowest BCUT2D eigenvalue weighted by Gasteiger charge is -2.22. The van der Waals surface area contributed by atoms with Gasteiger partial charge in [-0.25, -0.2) is 9.38 Å². The lowest BCUT2D eigenvalue weighted by Crippen LogP contribution is -2.44. The zero-order valence-corrected chi connectivity index (χ0v) is 13.3. The van der Waals surface area contributed by atoms with Gasteiger partial charge in [0.15, 0.2) is 5.96 Å². The van der Waals surface area contributed by atoms with Crippen LogP contribution in [-0.4, -0.2) is 24.2 Å². The lowest BCUT2D eigenvalue weighted by molar-refractivity contribution is 0.0386. The highest BCUT2D eigenvalue weighted by molar-refractivity contribution is 5.79. The van der Waals surface area contributed by atoms with Gasteiger partial charge in [0.1, 0.15) is 17.2 Å². The lowest BCUT2D eigenvalue weighted by atomic mass is 10.0. The van der Waals surface area contributed by atoms with Gasteiger partial charge < -0.3 is 20.2 Å². The fourth-order valence-electron chi connectivity index (χ4n) is 2.08. The largest absolute Gasteiger partial charge is 0.466 e. The molecule has 0 aliphatic carbocycles. The van der Waals surface area contributed by atoms with E-state index in [0.29, 0.717) is 24.8 Å². The quantitative estimate of drug-likeness (QED) is 0.565. The van der Waals surface area contributed by atoms with Gasteiger partial charge in [-0.1, -0.05) is 12.1 Å². The number of benzene rings is 1. The van der Waals surface area contributed by atoms with Crippen LogP contribution in [0.25, 0.3) is 0 Å². The molecule has 0 amide bonds. The van der Waals surface area contributed by atoms with Crippen LogP contribution in [0.2, 0.25) is 0 Å². The second kappa shape index (κ2) is 7.78. The Hall–Kier alpha value is -2.34. The van der Waals surface area contributed by atoms with Crippen molar-refractivity contribution in [2.45, 2.75) is 26.0 Å². The van der Waals surface area contributed by atoms with Gasteiger partial charge in [0.25, 0.3) is 0 Å². The van der Waals surface area contributed by atoms with Crippen LogP contribution >= 0.6 is 0 Å². The summed E-state index contributed by atoms with van der Waals surface area (Å²) in [6.45, 7) is 4.86. The number of aliphatic imine (C=N–C) groups is 1. The Morgan fingerprint density at radius 3 is 2.78 bits per heavy atom. The fourth-order valence-corrected chi connectivity index (χ4v) is 2.08. The van der Waals surface area contributed by atoms with E-state index < -0.39 is 5.60 Å². The Bertz CT molecular complexity index is 639. The third kappa shape index (κ3) is 5.10. The first kappa shape index (κ1) is 17.0. The second-order valence-electron chi connectivity index (χ2n) is 5.43. The Balaban J connectivity index is 1.99. The maximum Gasteiger partial charge on any atom is 0.191 e. The van der Waals surface area contributed by atoms with Crippen LogP contribution in [0.15, 0.2) is 52.1 Å². The molecule has 6 heteroatoms. The third-order valence-corrected chi connectivity index (χ3v) is 3.31. The summed E-state index contributed by atoms with van der Waals surface area (Å²) in [7, 11) is 0. The normalized spacial score (nSPS) is 14.3. The van der Waals surface area contributed by atoms with E-state index in [0.717, 1.165) is 5.56 Å². The Morgan fingerprint density at radius 1 is 1.30 bits per heavy atom. The molecule has 5 nitrogen and oxygen atoms in total. The molecule has 1 unspecified atom stereocenters. The molecule has 0 saturated heterocycles. The van der Waals surface area contributed by atoms with Crippen molar-refractivity contribution in [3.8, 4) is 0 Å². The second-order valence-corrected chi connectivity index (χ2v) is 5.43. The number of furan rings is 1. The number of guanidine groups is 1. The summed E-state index contributed by atoms with van der Waals surface area (Å²) in [4.78, 5) is 4.40. The van der Waals surface area contributed by atoms with Crippen LogP contribution in [0.5, 0.6) is 0 Å². The highest BCUT2D eigenvalue weighted by atomic mass is 19.1. The molecule has 0 spiro atoms. The summed E-state index contributed by atoms with van der Waals surface area (Å²) in [5, 5.41) is 16.6. The molecule has 1 aromatic carbocycles. The smallest absolute Gasteiger partial charge is 0.191 e. The predicted molar refractivity (Wildman–Crippen MR) is 87.5 cm³/mol. The van der Waals surface area contributed by atoms with Crippen molar-refractivity contribution in [3.05, 3.63) is 59.8 Å². The molecule has 0 aliphatic rings.